The van der Waals surface area contributed by atoms with Gasteiger partial charge in [-0.25, -0.2) is 0 Å². The highest BCUT2D eigenvalue weighted by atomic mass is 14.9. The van der Waals surface area contributed by atoms with Gasteiger partial charge in [0, 0.05) is 6.54 Å². The molecular formula is C8H11N. The van der Waals surface area contributed by atoms with E-state index in [2.05, 4.69) is 17.2 Å². The molecule has 1 nitrogen and oxygen atoms in total. The Labute approximate surface area is 56.1 Å². The van der Waals surface area contributed by atoms with Gasteiger partial charge in [-0.2, -0.15) is 0 Å². The minimum atomic E-state index is 1.04. The lowest BCUT2D eigenvalue weighted by Crippen LogP contribution is -2.04. The fraction of sp³-hybridized carbons (Fsp3) is 0.500. The minimum Gasteiger partial charge on any atom is -0.313 e. The van der Waals surface area contributed by atoms with Gasteiger partial charge >= 0.3 is 0 Å². The Morgan fingerprint density at radius 2 is 2.56 bits per heavy atom. The second kappa shape index (κ2) is 3.32. The first kappa shape index (κ1) is 6.38. The maximum atomic E-state index is 3.25. The van der Waals surface area contributed by atoms with Gasteiger partial charge in [-0.3, -0.25) is 0 Å². The summed E-state index contributed by atoms with van der Waals surface area (Å²) in [5.74, 6) is 5.78. The van der Waals surface area contributed by atoms with Crippen molar-refractivity contribution < 1.29 is 0 Å². The van der Waals surface area contributed by atoms with E-state index in [1.165, 1.54) is 12.0 Å². The van der Waals surface area contributed by atoms with Crippen LogP contribution in [0.15, 0.2) is 11.6 Å². The standard InChI is InChI=1S/C8H11N/c1-2-3-4-8-5-6-9-7-8/h4,9H,5-7H2,1H3. The maximum absolute atomic E-state index is 3.25. The molecular weight excluding hydrogens is 110 g/mol. The number of rotatable bonds is 0. The third-order valence-electron chi connectivity index (χ3n) is 1.40. The molecule has 0 aromatic heterocycles. The van der Waals surface area contributed by atoms with Crippen molar-refractivity contribution in [1.82, 2.24) is 5.32 Å². The van der Waals surface area contributed by atoms with E-state index in [-0.39, 0.29) is 0 Å². The van der Waals surface area contributed by atoms with Gasteiger partial charge in [0.15, 0.2) is 0 Å². The summed E-state index contributed by atoms with van der Waals surface area (Å²) < 4.78 is 0. The van der Waals surface area contributed by atoms with Gasteiger partial charge in [-0.05, 0) is 31.5 Å². The first-order chi connectivity index (χ1) is 4.43. The van der Waals surface area contributed by atoms with Crippen LogP contribution in [0.3, 0.4) is 0 Å². The first-order valence-corrected chi connectivity index (χ1v) is 3.24. The molecule has 1 heterocycles. The molecule has 1 aliphatic heterocycles. The number of hydrogen-bond donors (Lipinski definition) is 1. The van der Waals surface area contributed by atoms with E-state index in [1.807, 2.05) is 13.0 Å². The molecule has 0 aromatic carbocycles. The Morgan fingerprint density at radius 3 is 3.11 bits per heavy atom. The Morgan fingerprint density at radius 1 is 1.67 bits per heavy atom. The van der Waals surface area contributed by atoms with Crippen LogP contribution in [-0.2, 0) is 0 Å². The molecule has 1 saturated heterocycles. The molecule has 1 N–H and O–H groups in total. The van der Waals surface area contributed by atoms with E-state index >= 15 is 0 Å². The summed E-state index contributed by atoms with van der Waals surface area (Å²) in [5, 5.41) is 3.25. The van der Waals surface area contributed by atoms with Crippen LogP contribution in [0.2, 0.25) is 0 Å². The number of allylic oxidation sites excluding steroid dienone is 1. The van der Waals surface area contributed by atoms with Gasteiger partial charge in [0.1, 0.15) is 0 Å². The van der Waals surface area contributed by atoms with Gasteiger partial charge < -0.3 is 5.32 Å². The van der Waals surface area contributed by atoms with Crippen LogP contribution in [0.25, 0.3) is 0 Å². The molecule has 0 saturated carbocycles. The van der Waals surface area contributed by atoms with Gasteiger partial charge in [0.25, 0.3) is 0 Å². The Balaban J connectivity index is 2.46. The summed E-state index contributed by atoms with van der Waals surface area (Å²) in [6.07, 6.45) is 3.19. The first-order valence-electron chi connectivity index (χ1n) is 3.24. The van der Waals surface area contributed by atoms with Crippen LogP contribution in [-0.4, -0.2) is 13.1 Å². The third kappa shape index (κ3) is 1.91. The minimum absolute atomic E-state index is 1.04. The lowest BCUT2D eigenvalue weighted by atomic mass is 10.2. The fourth-order valence-electron chi connectivity index (χ4n) is 0.884. The lowest BCUT2D eigenvalue weighted by molar-refractivity contribution is 0.862. The smallest absolute Gasteiger partial charge is 0.0174 e. The van der Waals surface area contributed by atoms with Crippen molar-refractivity contribution in [2.75, 3.05) is 13.1 Å². The molecule has 1 rings (SSSR count). The number of hydrogen-bond acceptors (Lipinski definition) is 1. The zero-order chi connectivity index (χ0) is 6.53. The molecule has 0 atom stereocenters. The normalized spacial score (nSPS) is 21.7. The molecule has 9 heavy (non-hydrogen) atoms. The van der Waals surface area contributed by atoms with E-state index in [1.54, 1.807) is 0 Å². The Bertz CT molecular complexity index is 161. The van der Waals surface area contributed by atoms with Crippen LogP contribution in [0.5, 0.6) is 0 Å². The van der Waals surface area contributed by atoms with Gasteiger partial charge in [0.05, 0.1) is 0 Å². The zero-order valence-corrected chi connectivity index (χ0v) is 5.70. The largest absolute Gasteiger partial charge is 0.313 e. The van der Waals surface area contributed by atoms with Gasteiger partial charge in [0.2, 0.25) is 0 Å². The summed E-state index contributed by atoms with van der Waals surface area (Å²) in [6, 6.07) is 0. The predicted octanol–water partition coefficient (Wildman–Crippen LogP) is 0.929. The van der Waals surface area contributed by atoms with Crippen LogP contribution in [0.1, 0.15) is 13.3 Å². The highest BCUT2D eigenvalue weighted by molar-refractivity contribution is 5.23. The number of nitrogens with one attached hydrogen (secondary N) is 1. The third-order valence-corrected chi connectivity index (χ3v) is 1.40. The SMILES string of the molecule is CC#CC=C1CCNC1. The average molecular weight is 121 g/mol. The van der Waals surface area contributed by atoms with E-state index in [4.69, 9.17) is 0 Å². The topological polar surface area (TPSA) is 12.0 Å². The molecule has 0 radical (unpaired) electrons. The molecule has 1 heteroatoms. The maximum Gasteiger partial charge on any atom is 0.0174 e. The van der Waals surface area contributed by atoms with Gasteiger partial charge in [-0.1, -0.05) is 5.92 Å². The Hall–Kier alpha value is -0.740. The van der Waals surface area contributed by atoms with Crippen molar-refractivity contribution in [3.8, 4) is 11.8 Å². The predicted molar refractivity (Wildman–Crippen MR) is 39.0 cm³/mol. The quantitative estimate of drug-likeness (QED) is 0.470. The molecule has 48 valence electrons. The molecule has 1 aliphatic rings. The second-order valence-electron chi connectivity index (χ2n) is 2.12. The molecule has 1 fully saturated rings. The fourth-order valence-corrected chi connectivity index (χ4v) is 0.884. The van der Waals surface area contributed by atoms with Crippen molar-refractivity contribution >= 4 is 0 Å². The highest BCUT2D eigenvalue weighted by Crippen LogP contribution is 2.03. The highest BCUT2D eigenvalue weighted by Gasteiger charge is 2.02. The van der Waals surface area contributed by atoms with E-state index < -0.39 is 0 Å². The van der Waals surface area contributed by atoms with Crippen LogP contribution < -0.4 is 5.32 Å². The van der Waals surface area contributed by atoms with Crippen molar-refractivity contribution in [2.45, 2.75) is 13.3 Å². The molecule has 0 bridgehead atoms. The summed E-state index contributed by atoms with van der Waals surface area (Å²) in [7, 11) is 0. The second-order valence-corrected chi connectivity index (χ2v) is 2.12. The summed E-state index contributed by atoms with van der Waals surface area (Å²) in [6.45, 7) is 4.02. The van der Waals surface area contributed by atoms with Crippen molar-refractivity contribution in [3.63, 3.8) is 0 Å². The lowest BCUT2D eigenvalue weighted by Gasteiger charge is -1.85. The van der Waals surface area contributed by atoms with Crippen molar-refractivity contribution in [1.29, 1.82) is 0 Å². The van der Waals surface area contributed by atoms with Crippen LogP contribution >= 0.6 is 0 Å². The molecule has 0 aromatic rings. The monoisotopic (exact) mass is 121 g/mol. The van der Waals surface area contributed by atoms with E-state index in [0.29, 0.717) is 0 Å². The summed E-state index contributed by atoms with van der Waals surface area (Å²) in [4.78, 5) is 0. The molecule has 0 unspecified atom stereocenters. The molecule has 0 amide bonds. The summed E-state index contributed by atoms with van der Waals surface area (Å²) in [5.41, 5.74) is 1.43. The van der Waals surface area contributed by atoms with Crippen molar-refractivity contribution in [3.05, 3.63) is 11.6 Å². The van der Waals surface area contributed by atoms with E-state index in [9.17, 15) is 0 Å². The zero-order valence-electron chi connectivity index (χ0n) is 5.70. The summed E-state index contributed by atoms with van der Waals surface area (Å²) >= 11 is 0. The van der Waals surface area contributed by atoms with Crippen LogP contribution in [0.4, 0.5) is 0 Å². The van der Waals surface area contributed by atoms with Crippen molar-refractivity contribution in [2.24, 2.45) is 0 Å². The molecule has 0 aliphatic carbocycles. The van der Waals surface area contributed by atoms with Gasteiger partial charge in [-0.15, -0.1) is 5.92 Å². The van der Waals surface area contributed by atoms with Crippen LogP contribution in [0, 0.1) is 11.8 Å². The Kier molecular flexibility index (Phi) is 2.35. The van der Waals surface area contributed by atoms with E-state index in [0.717, 1.165) is 13.1 Å². The molecule has 0 spiro atoms. The average Bonchev–Trinajstić information content (AvgIpc) is 2.34.